The van der Waals surface area contributed by atoms with Gasteiger partial charge < -0.3 is 20.7 Å². The van der Waals surface area contributed by atoms with Crippen LogP contribution >= 0.6 is 0 Å². The Kier molecular flexibility index (Phi) is 5.63. The highest BCUT2D eigenvalue weighted by Crippen LogP contribution is 2.23. The normalized spacial score (nSPS) is 11.6. The molecule has 4 rings (SSSR count). The topological polar surface area (TPSA) is 107 Å². The van der Waals surface area contributed by atoms with Gasteiger partial charge in [-0.25, -0.2) is 9.37 Å². The molecule has 0 radical (unpaired) electrons. The lowest BCUT2D eigenvalue weighted by molar-refractivity contribution is 0.0908. The van der Waals surface area contributed by atoms with Crippen LogP contribution in [0.15, 0.2) is 59.5 Å². The van der Waals surface area contributed by atoms with Crippen molar-refractivity contribution < 1.29 is 14.3 Å². The number of aromatic amines is 1. The van der Waals surface area contributed by atoms with Gasteiger partial charge >= 0.3 is 0 Å². The second-order valence-electron chi connectivity index (χ2n) is 8.04. The number of anilines is 1. The molecule has 0 aliphatic carbocycles. The molecule has 0 saturated carbocycles. The first-order chi connectivity index (χ1) is 15.3. The summed E-state index contributed by atoms with van der Waals surface area (Å²) < 4.78 is 14.8. The molecule has 0 atom stereocenters. The summed E-state index contributed by atoms with van der Waals surface area (Å²) in [5.74, 6) is -0.777. The number of halogens is 1. The minimum atomic E-state index is -0.836. The summed E-state index contributed by atoms with van der Waals surface area (Å²) in [6.07, 6.45) is 1.61. The van der Waals surface area contributed by atoms with Crippen LogP contribution in [0.2, 0.25) is 0 Å². The van der Waals surface area contributed by atoms with Crippen LogP contribution in [0.5, 0.6) is 0 Å². The van der Waals surface area contributed by atoms with Gasteiger partial charge in [-0.2, -0.15) is 0 Å². The number of amides is 1. The molecular formula is C24H23FN4O3. The highest BCUT2D eigenvalue weighted by atomic mass is 19.1. The van der Waals surface area contributed by atoms with Crippen molar-refractivity contribution in [1.82, 2.24) is 15.3 Å². The van der Waals surface area contributed by atoms with Crippen LogP contribution in [-0.4, -0.2) is 34.1 Å². The lowest BCUT2D eigenvalue weighted by Gasteiger charge is -2.27. The van der Waals surface area contributed by atoms with E-state index in [1.807, 2.05) is 0 Å². The minimum absolute atomic E-state index is 0.0106. The number of rotatable bonds is 6. The fourth-order valence-corrected chi connectivity index (χ4v) is 3.59. The van der Waals surface area contributed by atoms with E-state index >= 15 is 0 Å². The lowest BCUT2D eigenvalue weighted by Crippen LogP contribution is -2.41. The van der Waals surface area contributed by atoms with Crippen LogP contribution in [0.3, 0.4) is 0 Å². The Labute approximate surface area is 183 Å². The summed E-state index contributed by atoms with van der Waals surface area (Å²) in [5, 5.41) is 15.3. The van der Waals surface area contributed by atoms with E-state index < -0.39 is 17.3 Å². The number of para-hydroxylation sites is 1. The van der Waals surface area contributed by atoms with Gasteiger partial charge in [-0.15, -0.1) is 0 Å². The van der Waals surface area contributed by atoms with E-state index in [2.05, 4.69) is 20.6 Å². The molecule has 4 N–H and O–H groups in total. The van der Waals surface area contributed by atoms with Gasteiger partial charge in [0, 0.05) is 29.0 Å². The number of aromatic nitrogens is 2. The molecule has 2 aromatic heterocycles. The fraction of sp³-hybridized carbons (Fsp3) is 0.208. The maximum Gasteiger partial charge on any atom is 0.255 e. The quantitative estimate of drug-likeness (QED) is 0.349. The van der Waals surface area contributed by atoms with Crippen molar-refractivity contribution in [1.29, 1.82) is 0 Å². The molecule has 0 spiro atoms. The number of fused-ring (bicyclic) bond motifs is 2. The second kappa shape index (κ2) is 8.39. The summed E-state index contributed by atoms with van der Waals surface area (Å²) in [5.41, 5.74) is 0.439. The Hall–Kier alpha value is -3.78. The molecule has 2 aromatic carbocycles. The highest BCUT2D eigenvalue weighted by Gasteiger charge is 2.26. The Balaban J connectivity index is 1.65. The number of hydrogen-bond donors (Lipinski definition) is 4. The van der Waals surface area contributed by atoms with Crippen LogP contribution in [0.4, 0.5) is 10.2 Å². The van der Waals surface area contributed by atoms with E-state index in [0.29, 0.717) is 28.8 Å². The SMILES string of the molecule is CC(C)(NC(=O)c1cc2[nH]c3ccccc3c(=O)c2cc1F)c1ccc(NCCO)nc1. The van der Waals surface area contributed by atoms with Crippen LogP contribution in [-0.2, 0) is 5.54 Å². The molecule has 2 heterocycles. The zero-order valence-corrected chi connectivity index (χ0v) is 17.7. The number of aliphatic hydroxyl groups is 1. The van der Waals surface area contributed by atoms with E-state index in [0.717, 1.165) is 11.6 Å². The number of nitrogens with one attached hydrogen (secondary N) is 3. The van der Waals surface area contributed by atoms with Crippen molar-refractivity contribution >= 4 is 33.5 Å². The first-order valence-corrected chi connectivity index (χ1v) is 10.2. The molecule has 0 saturated heterocycles. The molecule has 0 aliphatic heterocycles. The van der Waals surface area contributed by atoms with Crippen molar-refractivity contribution in [3.05, 3.63) is 81.9 Å². The Morgan fingerprint density at radius 2 is 1.91 bits per heavy atom. The summed E-state index contributed by atoms with van der Waals surface area (Å²) in [6.45, 7) is 3.95. The molecule has 7 nitrogen and oxygen atoms in total. The number of aliphatic hydroxyl groups excluding tert-OH is 1. The monoisotopic (exact) mass is 434 g/mol. The van der Waals surface area contributed by atoms with Crippen molar-refractivity contribution in [2.24, 2.45) is 0 Å². The van der Waals surface area contributed by atoms with Crippen molar-refractivity contribution in [2.45, 2.75) is 19.4 Å². The fourth-order valence-electron chi connectivity index (χ4n) is 3.59. The van der Waals surface area contributed by atoms with E-state index in [1.165, 1.54) is 6.07 Å². The molecule has 1 amide bonds. The van der Waals surface area contributed by atoms with Crippen molar-refractivity contribution in [3.8, 4) is 0 Å². The first-order valence-electron chi connectivity index (χ1n) is 10.2. The van der Waals surface area contributed by atoms with Gasteiger partial charge in [-0.05, 0) is 49.7 Å². The van der Waals surface area contributed by atoms with Gasteiger partial charge in [-0.1, -0.05) is 18.2 Å². The zero-order chi connectivity index (χ0) is 22.9. The number of H-pyrrole nitrogens is 1. The third-order valence-corrected chi connectivity index (χ3v) is 5.37. The highest BCUT2D eigenvalue weighted by molar-refractivity contribution is 6.00. The molecular weight excluding hydrogens is 411 g/mol. The number of nitrogens with zero attached hydrogens (tertiary/aromatic N) is 1. The molecule has 4 aromatic rings. The standard InChI is InChI=1S/C24H23FN4O3/c1-24(2,14-7-8-21(27-13-14)26-9-10-30)29-23(32)16-12-20-17(11-18(16)25)22(31)15-5-3-4-6-19(15)28-20/h3-8,11-13,30H,9-10H2,1-2H3,(H,26,27)(H,28,31)(H,29,32). The summed E-state index contributed by atoms with van der Waals surface area (Å²) >= 11 is 0. The van der Waals surface area contributed by atoms with E-state index in [-0.39, 0.29) is 23.0 Å². The van der Waals surface area contributed by atoms with Crippen LogP contribution in [0.1, 0.15) is 29.8 Å². The molecule has 8 heteroatoms. The number of carbonyl (C=O) groups is 1. The largest absolute Gasteiger partial charge is 0.395 e. The minimum Gasteiger partial charge on any atom is -0.395 e. The Morgan fingerprint density at radius 1 is 1.12 bits per heavy atom. The number of benzene rings is 2. The van der Waals surface area contributed by atoms with Crippen LogP contribution < -0.4 is 16.1 Å². The van der Waals surface area contributed by atoms with Gasteiger partial charge in [0.25, 0.3) is 5.91 Å². The van der Waals surface area contributed by atoms with Crippen molar-refractivity contribution in [3.63, 3.8) is 0 Å². The van der Waals surface area contributed by atoms with Gasteiger partial charge in [0.15, 0.2) is 5.43 Å². The van der Waals surface area contributed by atoms with Crippen molar-refractivity contribution in [2.75, 3.05) is 18.5 Å². The maximum absolute atomic E-state index is 14.8. The van der Waals surface area contributed by atoms with Gasteiger partial charge in [0.1, 0.15) is 11.6 Å². The number of pyridine rings is 2. The molecule has 164 valence electrons. The predicted octanol–water partition coefficient (Wildman–Crippen LogP) is 3.28. The summed E-state index contributed by atoms with van der Waals surface area (Å²) in [4.78, 5) is 33.0. The summed E-state index contributed by atoms with van der Waals surface area (Å²) in [6, 6.07) is 13.0. The third kappa shape index (κ3) is 4.04. The Bertz CT molecular complexity index is 1360. The van der Waals surface area contributed by atoms with E-state index in [1.54, 1.807) is 56.4 Å². The zero-order valence-electron chi connectivity index (χ0n) is 17.7. The van der Waals surface area contributed by atoms with Crippen LogP contribution in [0, 0.1) is 5.82 Å². The molecule has 0 unspecified atom stereocenters. The first kappa shape index (κ1) is 21.5. The number of hydrogen-bond acceptors (Lipinski definition) is 5. The third-order valence-electron chi connectivity index (χ3n) is 5.37. The maximum atomic E-state index is 14.8. The molecule has 0 bridgehead atoms. The van der Waals surface area contributed by atoms with Crippen LogP contribution in [0.25, 0.3) is 21.8 Å². The second-order valence-corrected chi connectivity index (χ2v) is 8.04. The average molecular weight is 434 g/mol. The van der Waals surface area contributed by atoms with Gasteiger partial charge in [0.05, 0.1) is 23.2 Å². The molecule has 0 fully saturated rings. The molecule has 32 heavy (non-hydrogen) atoms. The summed E-state index contributed by atoms with van der Waals surface area (Å²) in [7, 11) is 0. The molecule has 0 aliphatic rings. The van der Waals surface area contributed by atoms with E-state index in [9.17, 15) is 14.0 Å². The predicted molar refractivity (Wildman–Crippen MR) is 122 cm³/mol. The van der Waals surface area contributed by atoms with Gasteiger partial charge in [0.2, 0.25) is 0 Å². The Morgan fingerprint density at radius 3 is 2.62 bits per heavy atom. The average Bonchev–Trinajstić information content (AvgIpc) is 2.78. The van der Waals surface area contributed by atoms with Gasteiger partial charge in [-0.3, -0.25) is 9.59 Å². The lowest BCUT2D eigenvalue weighted by atomic mass is 9.95. The van der Waals surface area contributed by atoms with E-state index in [4.69, 9.17) is 5.11 Å². The number of carbonyl (C=O) groups excluding carboxylic acids is 1. The smallest absolute Gasteiger partial charge is 0.255 e.